The summed E-state index contributed by atoms with van der Waals surface area (Å²) in [5.74, 6) is 0.681. The minimum absolute atomic E-state index is 0.0733. The van der Waals surface area contributed by atoms with Crippen LogP contribution >= 0.6 is 11.8 Å². The lowest BCUT2D eigenvalue weighted by Crippen LogP contribution is -2.30. The topological polar surface area (TPSA) is 58.2 Å². The normalized spacial score (nSPS) is 16.2. The van der Waals surface area contributed by atoms with E-state index in [-0.39, 0.29) is 17.4 Å². The minimum Gasteiger partial charge on any atom is -0.496 e. The second-order valence-corrected chi connectivity index (χ2v) is 9.01. The van der Waals surface area contributed by atoms with Gasteiger partial charge in [0.25, 0.3) is 5.91 Å². The van der Waals surface area contributed by atoms with Crippen LogP contribution in [0.5, 0.6) is 5.75 Å². The number of aromatic amines is 1. The Morgan fingerprint density at radius 3 is 2.41 bits per heavy atom. The van der Waals surface area contributed by atoms with Crippen molar-refractivity contribution in [3.05, 3.63) is 71.0 Å². The maximum Gasteiger partial charge on any atom is 0.277 e. The van der Waals surface area contributed by atoms with Crippen LogP contribution in [0, 0.1) is 0 Å². The largest absolute Gasteiger partial charge is 0.496 e. The smallest absolute Gasteiger partial charge is 0.277 e. The van der Waals surface area contributed by atoms with E-state index in [4.69, 9.17) is 4.74 Å². The predicted molar refractivity (Wildman–Crippen MR) is 117 cm³/mol. The van der Waals surface area contributed by atoms with Crippen LogP contribution in [0.15, 0.2) is 53.4 Å². The lowest BCUT2D eigenvalue weighted by Gasteiger charge is -2.29. The fourth-order valence-electron chi connectivity index (χ4n) is 3.91. The number of fused-ring (bicyclic) bond motifs is 1. The van der Waals surface area contributed by atoms with Gasteiger partial charge in [-0.1, -0.05) is 39.0 Å². The number of thioether (sulfide) groups is 1. The maximum atomic E-state index is 13.5. The highest BCUT2D eigenvalue weighted by Crippen LogP contribution is 2.47. The van der Waals surface area contributed by atoms with Crippen LogP contribution in [0.1, 0.15) is 54.1 Å². The third-order valence-electron chi connectivity index (χ3n) is 5.26. The van der Waals surface area contributed by atoms with Gasteiger partial charge < -0.3 is 4.74 Å². The van der Waals surface area contributed by atoms with Crippen molar-refractivity contribution >= 4 is 23.4 Å². The van der Waals surface area contributed by atoms with Gasteiger partial charge in [0.05, 0.1) is 18.8 Å². The number of nitrogens with one attached hydrogen (secondary N) is 1. The third-order valence-corrected chi connectivity index (χ3v) is 6.01. The van der Waals surface area contributed by atoms with E-state index in [9.17, 15) is 4.79 Å². The van der Waals surface area contributed by atoms with Crippen molar-refractivity contribution < 1.29 is 9.53 Å². The molecule has 6 heteroatoms. The van der Waals surface area contributed by atoms with Crippen LogP contribution in [0.3, 0.4) is 0 Å². The number of hydrogen-bond acceptors (Lipinski definition) is 4. The Labute approximate surface area is 175 Å². The monoisotopic (exact) mass is 407 g/mol. The molecule has 1 aliphatic rings. The van der Waals surface area contributed by atoms with E-state index < -0.39 is 0 Å². The quantitative estimate of drug-likeness (QED) is 0.605. The molecule has 1 atom stereocenters. The van der Waals surface area contributed by atoms with Crippen molar-refractivity contribution in [1.82, 2.24) is 10.2 Å². The Morgan fingerprint density at radius 1 is 1.10 bits per heavy atom. The number of H-pyrrole nitrogens is 1. The number of nitrogens with zero attached hydrogens (tertiary/aromatic N) is 2. The molecule has 1 aromatic heterocycles. The molecule has 0 radical (unpaired) electrons. The average Bonchev–Trinajstić information content (AvgIpc) is 3.27. The van der Waals surface area contributed by atoms with Crippen LogP contribution in [0.2, 0.25) is 0 Å². The first-order valence-electron chi connectivity index (χ1n) is 9.56. The van der Waals surface area contributed by atoms with Gasteiger partial charge in [-0.05, 0) is 36.6 Å². The summed E-state index contributed by atoms with van der Waals surface area (Å²) in [4.78, 5) is 16.5. The van der Waals surface area contributed by atoms with Gasteiger partial charge in [0, 0.05) is 27.1 Å². The van der Waals surface area contributed by atoms with Crippen molar-refractivity contribution in [1.29, 1.82) is 0 Å². The number of anilines is 1. The molecular weight excluding hydrogens is 382 g/mol. The fourth-order valence-corrected chi connectivity index (χ4v) is 4.32. The summed E-state index contributed by atoms with van der Waals surface area (Å²) in [7, 11) is 1.66. The highest BCUT2D eigenvalue weighted by molar-refractivity contribution is 7.98. The first-order chi connectivity index (χ1) is 13.9. The molecule has 3 aromatic rings. The van der Waals surface area contributed by atoms with Crippen molar-refractivity contribution in [3.63, 3.8) is 0 Å². The number of ether oxygens (including phenoxy) is 1. The number of carbonyl (C=O) groups excluding carboxylic acids is 1. The summed E-state index contributed by atoms with van der Waals surface area (Å²) < 4.78 is 5.66. The molecule has 0 spiro atoms. The number of amides is 1. The summed E-state index contributed by atoms with van der Waals surface area (Å²) in [5.41, 5.74) is 3.99. The molecular formula is C23H25N3O2S. The van der Waals surface area contributed by atoms with Crippen molar-refractivity contribution in [2.24, 2.45) is 0 Å². The number of rotatable bonds is 4. The second kappa shape index (κ2) is 7.26. The Bertz CT molecular complexity index is 1050. The molecule has 2 heterocycles. The summed E-state index contributed by atoms with van der Waals surface area (Å²) in [6.07, 6.45) is 2.04. The Hall–Kier alpha value is -2.73. The molecule has 1 aliphatic heterocycles. The highest BCUT2D eigenvalue weighted by Gasteiger charge is 2.45. The lowest BCUT2D eigenvalue weighted by atomic mass is 9.85. The SMILES string of the molecule is COc1ccccc1C1c2c(C(C)(C)C)n[nH]c2C(=O)N1c1ccc(SC)cc1. The zero-order valence-corrected chi connectivity index (χ0v) is 18.1. The number of methoxy groups -OCH3 is 1. The summed E-state index contributed by atoms with van der Waals surface area (Å²) in [5, 5.41) is 7.55. The van der Waals surface area contributed by atoms with Crippen LogP contribution in [-0.4, -0.2) is 29.5 Å². The molecule has 2 aromatic carbocycles. The number of hydrogen-bond donors (Lipinski definition) is 1. The highest BCUT2D eigenvalue weighted by atomic mass is 32.2. The fraction of sp³-hybridized carbons (Fsp3) is 0.304. The van der Waals surface area contributed by atoms with Gasteiger partial charge in [-0.3, -0.25) is 14.8 Å². The number of aromatic nitrogens is 2. The van der Waals surface area contributed by atoms with E-state index in [0.29, 0.717) is 5.69 Å². The van der Waals surface area contributed by atoms with Gasteiger partial charge in [-0.2, -0.15) is 5.10 Å². The zero-order chi connectivity index (χ0) is 20.8. The van der Waals surface area contributed by atoms with E-state index in [0.717, 1.165) is 33.2 Å². The molecule has 5 nitrogen and oxygen atoms in total. The molecule has 4 rings (SSSR count). The summed E-state index contributed by atoms with van der Waals surface area (Å²) in [6, 6.07) is 15.7. The second-order valence-electron chi connectivity index (χ2n) is 8.13. The number of carbonyl (C=O) groups is 1. The average molecular weight is 408 g/mol. The van der Waals surface area contributed by atoms with E-state index in [1.807, 2.05) is 59.7 Å². The van der Waals surface area contributed by atoms with Crippen LogP contribution in [-0.2, 0) is 5.41 Å². The number of para-hydroxylation sites is 1. The van der Waals surface area contributed by atoms with E-state index >= 15 is 0 Å². The predicted octanol–water partition coefficient (Wildman–Crippen LogP) is 5.19. The molecule has 0 aliphatic carbocycles. The molecule has 0 saturated heterocycles. The molecule has 1 amide bonds. The van der Waals surface area contributed by atoms with Crippen molar-refractivity contribution in [3.8, 4) is 5.75 Å². The van der Waals surface area contributed by atoms with Crippen LogP contribution < -0.4 is 9.64 Å². The minimum atomic E-state index is -0.304. The maximum absolute atomic E-state index is 13.5. The van der Waals surface area contributed by atoms with E-state index in [1.165, 1.54) is 0 Å². The zero-order valence-electron chi connectivity index (χ0n) is 17.3. The molecule has 1 N–H and O–H groups in total. The molecule has 1 unspecified atom stereocenters. The molecule has 0 fully saturated rings. The summed E-state index contributed by atoms with van der Waals surface area (Å²) >= 11 is 1.68. The Morgan fingerprint density at radius 2 is 1.79 bits per heavy atom. The van der Waals surface area contributed by atoms with E-state index in [1.54, 1.807) is 18.9 Å². The first kappa shape index (κ1) is 19.6. The Kier molecular flexibility index (Phi) is 4.90. The van der Waals surface area contributed by atoms with E-state index in [2.05, 4.69) is 31.0 Å². The summed E-state index contributed by atoms with van der Waals surface area (Å²) in [6.45, 7) is 6.34. The standard InChI is InChI=1S/C23H25N3O2S/c1-23(2,3)21-18-19(24-25-21)22(27)26(14-10-12-15(29-5)13-11-14)20(18)16-8-6-7-9-17(16)28-4/h6-13,20H,1-5H3,(H,24,25). The Balaban J connectivity index is 1.95. The van der Waals surface area contributed by atoms with Gasteiger partial charge in [-0.25, -0.2) is 0 Å². The molecule has 0 saturated carbocycles. The van der Waals surface area contributed by atoms with Crippen LogP contribution in [0.25, 0.3) is 0 Å². The lowest BCUT2D eigenvalue weighted by molar-refractivity contribution is 0.0988. The van der Waals surface area contributed by atoms with Crippen molar-refractivity contribution in [2.45, 2.75) is 37.1 Å². The van der Waals surface area contributed by atoms with Gasteiger partial charge in [0.15, 0.2) is 0 Å². The molecule has 150 valence electrons. The van der Waals surface area contributed by atoms with Crippen LogP contribution in [0.4, 0.5) is 5.69 Å². The molecule has 0 bridgehead atoms. The third kappa shape index (κ3) is 3.21. The van der Waals surface area contributed by atoms with Gasteiger partial charge >= 0.3 is 0 Å². The van der Waals surface area contributed by atoms with Gasteiger partial charge in [0.1, 0.15) is 11.4 Å². The molecule has 29 heavy (non-hydrogen) atoms. The van der Waals surface area contributed by atoms with Crippen molar-refractivity contribution in [2.75, 3.05) is 18.3 Å². The van der Waals surface area contributed by atoms with Gasteiger partial charge in [-0.15, -0.1) is 11.8 Å². The van der Waals surface area contributed by atoms with Gasteiger partial charge in [0.2, 0.25) is 0 Å². The number of benzene rings is 2. The first-order valence-corrected chi connectivity index (χ1v) is 10.8.